The average molecular weight is 492 g/mol. The van der Waals surface area contributed by atoms with E-state index in [4.69, 9.17) is 0 Å². The molecule has 0 aromatic heterocycles. The number of nitrogens with one attached hydrogen (secondary N) is 1. The van der Waals surface area contributed by atoms with Gasteiger partial charge in [0.15, 0.2) is 0 Å². The number of sulfonamides is 1. The molecule has 184 valence electrons. The number of hydrogen-bond donors (Lipinski definition) is 1. The van der Waals surface area contributed by atoms with Gasteiger partial charge in [-0.05, 0) is 86.3 Å². The molecule has 0 atom stereocenters. The van der Waals surface area contributed by atoms with Crippen LogP contribution in [0.2, 0.25) is 0 Å². The van der Waals surface area contributed by atoms with Crippen LogP contribution in [0.15, 0.2) is 77.7 Å². The van der Waals surface area contributed by atoms with Crippen LogP contribution < -0.4 is 9.62 Å². The molecule has 0 radical (unpaired) electrons. The summed E-state index contributed by atoms with van der Waals surface area (Å²) in [6.45, 7) is 7.13. The first kappa shape index (κ1) is 24.9. The van der Waals surface area contributed by atoms with E-state index in [1.165, 1.54) is 22.7 Å². The van der Waals surface area contributed by atoms with E-state index >= 15 is 0 Å². The van der Waals surface area contributed by atoms with E-state index in [1.54, 1.807) is 42.5 Å². The first-order valence-corrected chi connectivity index (χ1v) is 13.5. The van der Waals surface area contributed by atoms with Crippen LogP contribution in [0.1, 0.15) is 35.1 Å². The number of hydrogen-bond acceptors (Lipinski definition) is 4. The van der Waals surface area contributed by atoms with Crippen LogP contribution in [-0.2, 0) is 27.9 Å². The summed E-state index contributed by atoms with van der Waals surface area (Å²) in [5.41, 5.74) is 4.59. The van der Waals surface area contributed by atoms with Crippen LogP contribution in [0, 0.1) is 13.8 Å². The molecule has 0 unspecified atom stereocenters. The first-order valence-electron chi connectivity index (χ1n) is 12.0. The molecule has 0 saturated carbocycles. The molecule has 1 fully saturated rings. The van der Waals surface area contributed by atoms with Gasteiger partial charge in [-0.1, -0.05) is 48.5 Å². The van der Waals surface area contributed by atoms with Gasteiger partial charge in [0.05, 0.1) is 10.6 Å². The van der Waals surface area contributed by atoms with Gasteiger partial charge in [-0.15, -0.1) is 0 Å². The van der Waals surface area contributed by atoms with Crippen LogP contribution in [0.25, 0.3) is 0 Å². The van der Waals surface area contributed by atoms with Crippen molar-refractivity contribution in [3.63, 3.8) is 0 Å². The summed E-state index contributed by atoms with van der Waals surface area (Å²) in [6, 6.07) is 22.0. The fourth-order valence-electron chi connectivity index (χ4n) is 4.48. The van der Waals surface area contributed by atoms with Crippen molar-refractivity contribution in [2.75, 3.05) is 23.9 Å². The molecule has 7 heteroatoms. The second-order valence-electron chi connectivity index (χ2n) is 9.25. The number of benzene rings is 3. The van der Waals surface area contributed by atoms with E-state index in [0.717, 1.165) is 36.3 Å². The highest BCUT2D eigenvalue weighted by atomic mass is 32.2. The Morgan fingerprint density at radius 1 is 0.886 bits per heavy atom. The molecular weight excluding hydrogens is 458 g/mol. The lowest BCUT2D eigenvalue weighted by atomic mass is 10.1. The Morgan fingerprint density at radius 3 is 2.11 bits per heavy atom. The Kier molecular flexibility index (Phi) is 7.88. The number of rotatable bonds is 9. The number of carbonyl (C=O) groups is 1. The molecule has 35 heavy (non-hydrogen) atoms. The quantitative estimate of drug-likeness (QED) is 0.481. The maximum atomic E-state index is 13.5. The van der Waals surface area contributed by atoms with Gasteiger partial charge < -0.3 is 5.32 Å². The highest BCUT2D eigenvalue weighted by Crippen LogP contribution is 2.25. The summed E-state index contributed by atoms with van der Waals surface area (Å²) < 4.78 is 28.2. The van der Waals surface area contributed by atoms with Gasteiger partial charge >= 0.3 is 0 Å². The molecule has 1 aliphatic rings. The van der Waals surface area contributed by atoms with E-state index < -0.39 is 10.0 Å². The van der Waals surface area contributed by atoms with Crippen molar-refractivity contribution < 1.29 is 13.2 Å². The highest BCUT2D eigenvalue weighted by molar-refractivity contribution is 7.92. The molecule has 0 aliphatic carbocycles. The second kappa shape index (κ2) is 11.1. The first-order chi connectivity index (χ1) is 16.8. The monoisotopic (exact) mass is 491 g/mol. The molecule has 0 spiro atoms. The fraction of sp³-hybridized carbons (Fsp3) is 0.321. The lowest BCUT2D eigenvalue weighted by Crippen LogP contribution is -2.40. The van der Waals surface area contributed by atoms with E-state index in [2.05, 4.69) is 22.3 Å². The smallest absolute Gasteiger partial charge is 0.264 e. The molecule has 1 heterocycles. The van der Waals surface area contributed by atoms with Crippen LogP contribution in [0.4, 0.5) is 5.69 Å². The summed E-state index contributed by atoms with van der Waals surface area (Å²) in [5, 5.41) is 2.89. The summed E-state index contributed by atoms with van der Waals surface area (Å²) in [6.07, 6.45) is 2.53. The molecule has 3 aromatic rings. The molecule has 6 nitrogen and oxygen atoms in total. The number of likely N-dealkylation sites (tertiary alicyclic amines) is 1. The van der Waals surface area contributed by atoms with Crippen LogP contribution in [-0.4, -0.2) is 38.9 Å². The largest absolute Gasteiger partial charge is 0.350 e. The minimum atomic E-state index is -3.92. The van der Waals surface area contributed by atoms with Crippen LogP contribution >= 0.6 is 0 Å². The van der Waals surface area contributed by atoms with Crippen LogP contribution in [0.3, 0.4) is 0 Å². The summed E-state index contributed by atoms with van der Waals surface area (Å²) >= 11 is 0. The molecule has 4 rings (SSSR count). The Bertz CT molecular complexity index is 1230. The maximum Gasteiger partial charge on any atom is 0.264 e. The second-order valence-corrected chi connectivity index (χ2v) is 11.1. The highest BCUT2D eigenvalue weighted by Gasteiger charge is 2.27. The minimum Gasteiger partial charge on any atom is -0.350 e. The van der Waals surface area contributed by atoms with Crippen molar-refractivity contribution in [3.8, 4) is 0 Å². The molecule has 1 N–H and O–H groups in total. The Hall–Kier alpha value is -3.16. The fourth-order valence-corrected chi connectivity index (χ4v) is 5.90. The molecule has 1 amide bonds. The summed E-state index contributed by atoms with van der Waals surface area (Å²) in [7, 11) is -3.92. The zero-order valence-electron chi connectivity index (χ0n) is 20.4. The summed E-state index contributed by atoms with van der Waals surface area (Å²) in [4.78, 5) is 15.5. The zero-order chi connectivity index (χ0) is 24.8. The van der Waals surface area contributed by atoms with E-state index in [9.17, 15) is 13.2 Å². The van der Waals surface area contributed by atoms with Crippen molar-refractivity contribution in [1.82, 2.24) is 10.2 Å². The lowest BCUT2D eigenvalue weighted by molar-refractivity contribution is -0.119. The van der Waals surface area contributed by atoms with Gasteiger partial charge in [0.2, 0.25) is 5.91 Å². The number of amides is 1. The molecule has 1 aliphatic heterocycles. The third-order valence-electron chi connectivity index (χ3n) is 6.23. The van der Waals surface area contributed by atoms with Crippen molar-refractivity contribution in [3.05, 3.63) is 95.1 Å². The standard InChI is InChI=1S/C28H33N3O3S/c1-22-16-23(2)18-26(17-22)31(35(33,34)27-8-4-3-5-9-27)21-28(32)29-19-24-10-12-25(13-11-24)20-30-14-6-7-15-30/h3-5,8-13,16-18H,6-7,14-15,19-21H2,1-2H3,(H,29,32). The molecule has 3 aromatic carbocycles. The van der Waals surface area contributed by atoms with E-state index in [1.807, 2.05) is 32.0 Å². The average Bonchev–Trinajstić information content (AvgIpc) is 3.35. The molecular formula is C28H33N3O3S. The Labute approximate surface area is 208 Å². The summed E-state index contributed by atoms with van der Waals surface area (Å²) in [5.74, 6) is -0.357. The third-order valence-corrected chi connectivity index (χ3v) is 8.02. The van der Waals surface area contributed by atoms with E-state index in [0.29, 0.717) is 12.2 Å². The SMILES string of the molecule is Cc1cc(C)cc(N(CC(=O)NCc2ccc(CN3CCCC3)cc2)S(=O)(=O)c2ccccc2)c1. The number of carbonyl (C=O) groups excluding carboxylic acids is 1. The minimum absolute atomic E-state index is 0.153. The van der Waals surface area contributed by atoms with Gasteiger partial charge in [0.25, 0.3) is 10.0 Å². The van der Waals surface area contributed by atoms with E-state index in [-0.39, 0.29) is 17.3 Å². The Morgan fingerprint density at radius 2 is 1.49 bits per heavy atom. The predicted octanol–water partition coefficient (Wildman–Crippen LogP) is 4.41. The normalized spacial score (nSPS) is 14.1. The molecule has 0 bridgehead atoms. The van der Waals surface area contributed by atoms with Gasteiger partial charge in [0, 0.05) is 13.1 Å². The van der Waals surface area contributed by atoms with Crippen molar-refractivity contribution in [2.24, 2.45) is 0 Å². The van der Waals surface area contributed by atoms with Gasteiger partial charge in [-0.25, -0.2) is 8.42 Å². The van der Waals surface area contributed by atoms with Crippen LogP contribution in [0.5, 0.6) is 0 Å². The third kappa shape index (κ3) is 6.50. The topological polar surface area (TPSA) is 69.7 Å². The number of aryl methyl sites for hydroxylation is 2. The zero-order valence-corrected chi connectivity index (χ0v) is 21.2. The van der Waals surface area contributed by atoms with Crippen molar-refractivity contribution in [2.45, 2.75) is 44.7 Å². The molecule has 1 saturated heterocycles. The Balaban J connectivity index is 1.46. The number of nitrogens with zero attached hydrogens (tertiary/aromatic N) is 2. The van der Waals surface area contributed by atoms with Gasteiger partial charge in [-0.2, -0.15) is 0 Å². The van der Waals surface area contributed by atoms with Crippen molar-refractivity contribution >= 4 is 21.6 Å². The maximum absolute atomic E-state index is 13.5. The van der Waals surface area contributed by atoms with Crippen molar-refractivity contribution in [1.29, 1.82) is 0 Å². The predicted molar refractivity (Wildman–Crippen MR) is 140 cm³/mol. The lowest BCUT2D eigenvalue weighted by Gasteiger charge is -2.25. The number of anilines is 1. The van der Waals surface area contributed by atoms with Gasteiger partial charge in [0.1, 0.15) is 6.54 Å². The van der Waals surface area contributed by atoms with Gasteiger partial charge in [-0.3, -0.25) is 14.0 Å².